The molecule has 0 radical (unpaired) electrons. The Labute approximate surface area is 167 Å². The predicted octanol–water partition coefficient (Wildman–Crippen LogP) is 3.61. The van der Waals surface area contributed by atoms with Crippen LogP contribution in [0.3, 0.4) is 0 Å². The highest BCUT2D eigenvalue weighted by atomic mass is 16.6. The molecule has 6 rings (SSSR count). The number of fused-ring (bicyclic) bond motifs is 6. The lowest BCUT2D eigenvalue weighted by molar-refractivity contribution is -0.129. The van der Waals surface area contributed by atoms with Crippen LogP contribution >= 0.6 is 0 Å². The van der Waals surface area contributed by atoms with Crippen LogP contribution in [0.4, 0.5) is 0 Å². The molecule has 5 aliphatic carbocycles. The Morgan fingerprint density at radius 3 is 2.86 bits per heavy atom. The number of hydrogen-bond acceptors (Lipinski definition) is 4. The fourth-order valence-electron chi connectivity index (χ4n) is 8.72. The average molecular weight is 385 g/mol. The molecule has 4 heteroatoms. The second kappa shape index (κ2) is 5.00. The van der Waals surface area contributed by atoms with Crippen molar-refractivity contribution in [1.82, 2.24) is 0 Å². The molecule has 152 valence electrons. The van der Waals surface area contributed by atoms with E-state index in [1.165, 1.54) is 12.0 Å². The lowest BCUT2D eigenvalue weighted by Crippen LogP contribution is -2.60. The topological polar surface area (TPSA) is 66.9 Å². The monoisotopic (exact) mass is 384 g/mol. The number of ether oxygens (including phenoxy) is 1. The van der Waals surface area contributed by atoms with E-state index in [1.807, 2.05) is 6.08 Å². The van der Waals surface area contributed by atoms with E-state index in [9.17, 15) is 14.7 Å². The SMILES string of the molecule is CC(=O)CC[C@]1(O)CC[C@H]2[C@@H]3[C@H]4C[C@H]4C4=CC(=O)CC[C@]4(C)[C@]34O[C@H]4C[C@@]21C. The number of aliphatic hydroxyl groups is 1. The fraction of sp³-hybridized carbons (Fsp3) is 0.833. The first-order chi connectivity index (χ1) is 13.2. The second-order valence-corrected chi connectivity index (χ2v) is 11.3. The molecule has 1 aliphatic heterocycles. The molecule has 1 N–H and O–H groups in total. The van der Waals surface area contributed by atoms with E-state index in [4.69, 9.17) is 4.74 Å². The summed E-state index contributed by atoms with van der Waals surface area (Å²) in [6.45, 7) is 6.28. The third-order valence-electron chi connectivity index (χ3n) is 10.3. The molecule has 5 fully saturated rings. The van der Waals surface area contributed by atoms with Gasteiger partial charge in [0.05, 0.1) is 11.7 Å². The maximum Gasteiger partial charge on any atom is 0.155 e. The molecular weight excluding hydrogens is 352 g/mol. The van der Waals surface area contributed by atoms with Crippen LogP contribution in [-0.4, -0.2) is 34.0 Å². The van der Waals surface area contributed by atoms with Crippen molar-refractivity contribution in [3.05, 3.63) is 11.6 Å². The lowest BCUT2D eigenvalue weighted by atomic mass is 9.46. The van der Waals surface area contributed by atoms with Gasteiger partial charge in [0.25, 0.3) is 0 Å². The van der Waals surface area contributed by atoms with Crippen LogP contribution < -0.4 is 0 Å². The van der Waals surface area contributed by atoms with Crippen molar-refractivity contribution < 1.29 is 19.4 Å². The molecule has 1 heterocycles. The summed E-state index contributed by atoms with van der Waals surface area (Å²) in [6.07, 6.45) is 8.75. The maximum atomic E-state index is 12.2. The van der Waals surface area contributed by atoms with Crippen LogP contribution in [0.1, 0.15) is 72.1 Å². The van der Waals surface area contributed by atoms with Crippen molar-refractivity contribution >= 4 is 11.6 Å². The van der Waals surface area contributed by atoms with Crippen LogP contribution in [0.2, 0.25) is 0 Å². The number of Topliss-reactive ketones (excluding diaryl/α,β-unsaturated/α-hetero) is 1. The molecule has 0 unspecified atom stereocenters. The van der Waals surface area contributed by atoms with Gasteiger partial charge >= 0.3 is 0 Å². The number of epoxide rings is 1. The number of carbonyl (C=O) groups is 2. The molecule has 6 aliphatic rings. The summed E-state index contributed by atoms with van der Waals surface area (Å²) in [5, 5.41) is 11.7. The predicted molar refractivity (Wildman–Crippen MR) is 103 cm³/mol. The summed E-state index contributed by atoms with van der Waals surface area (Å²) in [4.78, 5) is 23.8. The summed E-state index contributed by atoms with van der Waals surface area (Å²) in [7, 11) is 0. The van der Waals surface area contributed by atoms with Crippen LogP contribution in [0.15, 0.2) is 11.6 Å². The van der Waals surface area contributed by atoms with Crippen LogP contribution in [-0.2, 0) is 14.3 Å². The van der Waals surface area contributed by atoms with E-state index in [0.717, 1.165) is 25.7 Å². The lowest BCUT2D eigenvalue weighted by Gasteiger charge is -2.56. The average Bonchev–Trinajstić information content (AvgIpc) is 3.52. The Bertz CT molecular complexity index is 830. The first kappa shape index (κ1) is 17.8. The minimum Gasteiger partial charge on any atom is -0.389 e. The zero-order valence-electron chi connectivity index (χ0n) is 17.3. The molecule has 0 bridgehead atoms. The zero-order chi connectivity index (χ0) is 19.7. The van der Waals surface area contributed by atoms with Crippen LogP contribution in [0.25, 0.3) is 0 Å². The Morgan fingerprint density at radius 1 is 1.32 bits per heavy atom. The zero-order valence-corrected chi connectivity index (χ0v) is 17.3. The second-order valence-electron chi connectivity index (χ2n) is 11.3. The van der Waals surface area contributed by atoms with Crippen molar-refractivity contribution in [1.29, 1.82) is 0 Å². The number of hydrogen-bond donors (Lipinski definition) is 1. The van der Waals surface area contributed by atoms with Crippen LogP contribution in [0.5, 0.6) is 0 Å². The highest BCUT2D eigenvalue weighted by Gasteiger charge is 2.84. The summed E-state index contributed by atoms with van der Waals surface area (Å²) in [5.74, 6) is 2.61. The summed E-state index contributed by atoms with van der Waals surface area (Å²) >= 11 is 0. The molecule has 1 spiro atoms. The molecular formula is C24H32O4. The van der Waals surface area contributed by atoms with Gasteiger partial charge in [-0.3, -0.25) is 4.79 Å². The van der Waals surface area contributed by atoms with E-state index in [-0.39, 0.29) is 28.3 Å². The Hall–Kier alpha value is -1.00. The van der Waals surface area contributed by atoms with Gasteiger partial charge in [-0.05, 0) is 75.2 Å². The first-order valence-corrected chi connectivity index (χ1v) is 11.3. The minimum atomic E-state index is -0.745. The standard InChI is InChI=1S/C24H32O4/c1-13(25)4-8-23(27)9-6-17-20-16-11-15(16)18-10-14(26)5-7-21(18,2)24(20)19(28-24)12-22(17,23)3/h10,15-17,19-20,27H,4-9,11-12H2,1-3H3/t15-,16+,17+,19+,20+,21+,22+,23+,24-/m1/s1. The molecule has 9 atom stereocenters. The van der Waals surface area contributed by atoms with Crippen molar-refractivity contribution in [2.45, 2.75) is 89.4 Å². The largest absolute Gasteiger partial charge is 0.389 e. The highest BCUT2D eigenvalue weighted by Crippen LogP contribution is 2.82. The van der Waals surface area contributed by atoms with Crippen molar-refractivity contribution in [3.63, 3.8) is 0 Å². The maximum absolute atomic E-state index is 12.2. The molecule has 4 saturated carbocycles. The van der Waals surface area contributed by atoms with E-state index in [1.54, 1.807) is 6.92 Å². The molecule has 4 nitrogen and oxygen atoms in total. The van der Waals surface area contributed by atoms with E-state index in [0.29, 0.717) is 48.7 Å². The van der Waals surface area contributed by atoms with Crippen molar-refractivity contribution in [2.75, 3.05) is 0 Å². The van der Waals surface area contributed by atoms with Gasteiger partial charge in [0, 0.05) is 23.7 Å². The molecule has 0 aromatic carbocycles. The molecule has 28 heavy (non-hydrogen) atoms. The number of rotatable bonds is 3. The van der Waals surface area contributed by atoms with Gasteiger partial charge in [0.1, 0.15) is 11.4 Å². The molecule has 0 amide bonds. The van der Waals surface area contributed by atoms with E-state index >= 15 is 0 Å². The number of ketones is 2. The molecule has 1 saturated heterocycles. The highest BCUT2D eigenvalue weighted by molar-refractivity contribution is 5.92. The summed E-state index contributed by atoms with van der Waals surface area (Å²) in [6, 6.07) is 0. The molecule has 0 aromatic heterocycles. The Kier molecular flexibility index (Phi) is 3.18. The summed E-state index contributed by atoms with van der Waals surface area (Å²) in [5.41, 5.74) is 0.377. The van der Waals surface area contributed by atoms with Gasteiger partial charge < -0.3 is 14.6 Å². The van der Waals surface area contributed by atoms with Gasteiger partial charge in [0.2, 0.25) is 0 Å². The minimum absolute atomic E-state index is 0.00463. The van der Waals surface area contributed by atoms with Gasteiger partial charge in [0.15, 0.2) is 5.78 Å². The van der Waals surface area contributed by atoms with Gasteiger partial charge in [-0.15, -0.1) is 0 Å². The molecule has 0 aromatic rings. The first-order valence-electron chi connectivity index (χ1n) is 11.3. The normalized spacial score (nSPS) is 57.9. The van der Waals surface area contributed by atoms with Crippen LogP contribution in [0, 0.1) is 34.5 Å². The quantitative estimate of drug-likeness (QED) is 0.755. The Balaban J connectivity index is 1.40. The smallest absolute Gasteiger partial charge is 0.155 e. The van der Waals surface area contributed by atoms with Gasteiger partial charge in [-0.2, -0.15) is 0 Å². The fourth-order valence-corrected chi connectivity index (χ4v) is 8.72. The van der Waals surface area contributed by atoms with Gasteiger partial charge in [-0.25, -0.2) is 0 Å². The Morgan fingerprint density at radius 2 is 2.11 bits per heavy atom. The van der Waals surface area contributed by atoms with Crippen molar-refractivity contribution in [2.24, 2.45) is 34.5 Å². The van der Waals surface area contributed by atoms with Gasteiger partial charge in [-0.1, -0.05) is 19.4 Å². The number of carbonyl (C=O) groups excluding carboxylic acids is 2. The van der Waals surface area contributed by atoms with Crippen molar-refractivity contribution in [3.8, 4) is 0 Å². The van der Waals surface area contributed by atoms with E-state index in [2.05, 4.69) is 13.8 Å². The third-order valence-corrected chi connectivity index (χ3v) is 10.3. The third kappa shape index (κ3) is 1.82. The van der Waals surface area contributed by atoms with E-state index < -0.39 is 5.60 Å². The summed E-state index contributed by atoms with van der Waals surface area (Å²) < 4.78 is 6.66.